The number of carbonyl (C=O) groups is 1. The fourth-order valence-electron chi connectivity index (χ4n) is 2.75. The van der Waals surface area contributed by atoms with E-state index in [0.717, 1.165) is 11.1 Å². The molecule has 1 heterocycles. The van der Waals surface area contributed by atoms with Crippen molar-refractivity contribution in [3.63, 3.8) is 0 Å². The van der Waals surface area contributed by atoms with Crippen molar-refractivity contribution in [1.29, 1.82) is 0 Å². The number of ether oxygens (including phenoxy) is 2. The highest BCUT2D eigenvalue weighted by Gasteiger charge is 2.22. The van der Waals surface area contributed by atoms with Crippen LogP contribution < -0.4 is 20.1 Å². The molecule has 0 aliphatic heterocycles. The van der Waals surface area contributed by atoms with Crippen molar-refractivity contribution in [2.45, 2.75) is 32.9 Å². The number of nitrogens with zero attached hydrogens (tertiary/aromatic N) is 2. The van der Waals surface area contributed by atoms with E-state index in [2.05, 4.69) is 29.6 Å². The van der Waals surface area contributed by atoms with Gasteiger partial charge in [0, 0.05) is 18.8 Å². The van der Waals surface area contributed by atoms with Gasteiger partial charge in [0.25, 0.3) is 0 Å². The van der Waals surface area contributed by atoms with E-state index in [-0.39, 0.29) is 24.4 Å². The molecule has 2 aromatic rings. The monoisotopic (exact) mass is 410 g/mol. The van der Waals surface area contributed by atoms with Gasteiger partial charge in [-0.25, -0.2) is 0 Å². The number of nitrogens with one attached hydrogen (secondary N) is 2. The molecule has 2 rings (SSSR count). The van der Waals surface area contributed by atoms with E-state index in [1.807, 2.05) is 38.4 Å². The Morgan fingerprint density at radius 3 is 2.46 bits per heavy atom. The van der Waals surface area contributed by atoms with Crippen molar-refractivity contribution in [1.82, 2.24) is 20.4 Å². The topological polar surface area (TPSA) is 77.4 Å². The van der Waals surface area contributed by atoms with Gasteiger partial charge in [-0.05, 0) is 37.6 Å². The van der Waals surface area contributed by atoms with Crippen LogP contribution in [-0.2, 0) is 11.8 Å². The summed E-state index contributed by atoms with van der Waals surface area (Å²) in [4.78, 5) is 12.7. The second-order valence-electron chi connectivity index (χ2n) is 7.01. The van der Waals surface area contributed by atoms with E-state index in [1.165, 1.54) is 0 Å². The predicted octanol–water partition coefficient (Wildman–Crippen LogP) is 3.02. The summed E-state index contributed by atoms with van der Waals surface area (Å²) < 4.78 is 12.9. The Bertz CT molecular complexity index is 764. The average molecular weight is 411 g/mol. The molecule has 1 aromatic heterocycles. The van der Waals surface area contributed by atoms with Crippen LogP contribution in [0, 0.1) is 5.92 Å². The van der Waals surface area contributed by atoms with Crippen molar-refractivity contribution >= 4 is 18.3 Å². The molecule has 0 fully saturated rings. The van der Waals surface area contributed by atoms with Gasteiger partial charge in [-0.2, -0.15) is 5.10 Å². The molecule has 0 aliphatic rings. The molecule has 0 radical (unpaired) electrons. The lowest BCUT2D eigenvalue weighted by molar-refractivity contribution is -0.123. The molecule has 0 bridgehead atoms. The number of benzene rings is 1. The molecule has 156 valence electrons. The van der Waals surface area contributed by atoms with Gasteiger partial charge in [-0.3, -0.25) is 9.48 Å². The average Bonchev–Trinajstić information content (AvgIpc) is 3.06. The number of amides is 1. The second-order valence-corrected chi connectivity index (χ2v) is 7.01. The molecule has 28 heavy (non-hydrogen) atoms. The van der Waals surface area contributed by atoms with E-state index in [9.17, 15) is 4.79 Å². The minimum absolute atomic E-state index is 0. The molecule has 2 atom stereocenters. The van der Waals surface area contributed by atoms with Crippen LogP contribution in [0.1, 0.15) is 44.0 Å². The third kappa shape index (κ3) is 6.14. The Balaban J connectivity index is 0.00000392. The molecule has 7 nitrogen and oxygen atoms in total. The SMILES string of the molecule is CNC(C(=O)NC(C)c1ccc(OCC(C)C)c(OC)c1)c1cnn(C)c1.Cl. The number of hydrogen-bond acceptors (Lipinski definition) is 5. The molecule has 8 heteroatoms. The summed E-state index contributed by atoms with van der Waals surface area (Å²) in [6.45, 7) is 6.76. The van der Waals surface area contributed by atoms with Crippen LogP contribution in [0.5, 0.6) is 11.5 Å². The summed E-state index contributed by atoms with van der Waals surface area (Å²) in [6.07, 6.45) is 3.52. The smallest absolute Gasteiger partial charge is 0.242 e. The Morgan fingerprint density at radius 2 is 1.93 bits per heavy atom. The Hall–Kier alpha value is -2.25. The van der Waals surface area contributed by atoms with Gasteiger partial charge >= 0.3 is 0 Å². The lowest BCUT2D eigenvalue weighted by Gasteiger charge is -2.20. The van der Waals surface area contributed by atoms with Gasteiger partial charge in [0.05, 0.1) is 26.0 Å². The van der Waals surface area contributed by atoms with Crippen molar-refractivity contribution in [3.8, 4) is 11.5 Å². The number of rotatable bonds is 9. The van der Waals surface area contributed by atoms with Crippen LogP contribution in [0.3, 0.4) is 0 Å². The second kappa shape index (κ2) is 10.9. The maximum atomic E-state index is 12.7. The third-order valence-electron chi connectivity index (χ3n) is 4.23. The van der Waals surface area contributed by atoms with Crippen LogP contribution >= 0.6 is 12.4 Å². The first-order valence-corrected chi connectivity index (χ1v) is 9.12. The Morgan fingerprint density at radius 1 is 1.21 bits per heavy atom. The Labute approximate surface area is 173 Å². The number of aryl methyl sites for hydroxylation is 1. The predicted molar refractivity (Wildman–Crippen MR) is 112 cm³/mol. The van der Waals surface area contributed by atoms with Crippen molar-refractivity contribution in [2.24, 2.45) is 13.0 Å². The quantitative estimate of drug-likeness (QED) is 0.664. The van der Waals surface area contributed by atoms with E-state index in [1.54, 1.807) is 25.0 Å². The van der Waals surface area contributed by atoms with Crippen LogP contribution in [0.4, 0.5) is 0 Å². The lowest BCUT2D eigenvalue weighted by atomic mass is 10.1. The summed E-state index contributed by atoms with van der Waals surface area (Å²) in [7, 11) is 5.20. The van der Waals surface area contributed by atoms with Crippen LogP contribution in [0.2, 0.25) is 0 Å². The van der Waals surface area contributed by atoms with Crippen LogP contribution in [0.15, 0.2) is 30.6 Å². The number of hydrogen-bond donors (Lipinski definition) is 2. The highest BCUT2D eigenvalue weighted by atomic mass is 35.5. The highest BCUT2D eigenvalue weighted by molar-refractivity contribution is 5.85. The molecular weight excluding hydrogens is 380 g/mol. The standard InChI is InChI=1S/C20H30N4O3.ClH/c1-13(2)12-27-17-8-7-15(9-18(17)26-6)14(3)23-20(25)19(21-4)16-10-22-24(5)11-16;/h7-11,13-14,19,21H,12H2,1-6H3,(H,23,25);1H. The minimum atomic E-state index is -0.461. The normalized spacial score (nSPS) is 12.8. The zero-order valence-corrected chi connectivity index (χ0v) is 18.2. The number of likely N-dealkylation sites (N-methyl/N-ethyl adjacent to an activating group) is 1. The van der Waals surface area contributed by atoms with E-state index < -0.39 is 6.04 Å². The number of methoxy groups -OCH3 is 1. The van der Waals surface area contributed by atoms with E-state index in [0.29, 0.717) is 24.0 Å². The van der Waals surface area contributed by atoms with Gasteiger partial charge in [0.15, 0.2) is 11.5 Å². The number of aromatic nitrogens is 2. The fraction of sp³-hybridized carbons (Fsp3) is 0.500. The molecule has 1 aromatic carbocycles. The van der Waals surface area contributed by atoms with Gasteiger partial charge in [-0.15, -0.1) is 12.4 Å². The summed E-state index contributed by atoms with van der Waals surface area (Å²) >= 11 is 0. The first-order valence-electron chi connectivity index (χ1n) is 9.12. The first-order chi connectivity index (χ1) is 12.8. The molecule has 0 saturated heterocycles. The van der Waals surface area contributed by atoms with Gasteiger partial charge < -0.3 is 20.1 Å². The molecule has 0 spiro atoms. The van der Waals surface area contributed by atoms with E-state index in [4.69, 9.17) is 9.47 Å². The summed E-state index contributed by atoms with van der Waals surface area (Å²) in [5.41, 5.74) is 1.76. The maximum Gasteiger partial charge on any atom is 0.242 e. The molecular formula is C20H31ClN4O3. The molecule has 1 amide bonds. The molecule has 2 unspecified atom stereocenters. The number of carbonyl (C=O) groups excluding carboxylic acids is 1. The number of halogens is 1. The molecule has 0 saturated carbocycles. The summed E-state index contributed by atoms with van der Waals surface area (Å²) in [5.74, 6) is 1.68. The summed E-state index contributed by atoms with van der Waals surface area (Å²) in [6, 6.07) is 5.09. The Kier molecular flexibility index (Phi) is 9.28. The lowest BCUT2D eigenvalue weighted by Crippen LogP contribution is -2.37. The van der Waals surface area contributed by atoms with Gasteiger partial charge in [0.2, 0.25) is 5.91 Å². The zero-order valence-electron chi connectivity index (χ0n) is 17.4. The van der Waals surface area contributed by atoms with Crippen molar-refractivity contribution < 1.29 is 14.3 Å². The maximum absolute atomic E-state index is 12.7. The fourth-order valence-corrected chi connectivity index (χ4v) is 2.75. The highest BCUT2D eigenvalue weighted by Crippen LogP contribution is 2.31. The molecule has 0 aliphatic carbocycles. The summed E-state index contributed by atoms with van der Waals surface area (Å²) in [5, 5.41) is 10.2. The zero-order chi connectivity index (χ0) is 20.0. The van der Waals surface area contributed by atoms with Gasteiger partial charge in [0.1, 0.15) is 6.04 Å². The molecule has 2 N–H and O–H groups in total. The third-order valence-corrected chi connectivity index (χ3v) is 4.23. The van der Waals surface area contributed by atoms with Gasteiger partial charge in [-0.1, -0.05) is 19.9 Å². The van der Waals surface area contributed by atoms with Crippen LogP contribution in [0.25, 0.3) is 0 Å². The van der Waals surface area contributed by atoms with Crippen molar-refractivity contribution in [3.05, 3.63) is 41.7 Å². The minimum Gasteiger partial charge on any atom is -0.493 e. The largest absolute Gasteiger partial charge is 0.493 e. The van der Waals surface area contributed by atoms with Crippen LogP contribution in [-0.4, -0.2) is 36.5 Å². The van der Waals surface area contributed by atoms with Crippen molar-refractivity contribution in [2.75, 3.05) is 20.8 Å². The first kappa shape index (κ1) is 23.8. The van der Waals surface area contributed by atoms with E-state index >= 15 is 0 Å².